The number of aromatic nitrogens is 3. The van der Waals surface area contributed by atoms with Gasteiger partial charge < -0.3 is 5.32 Å². The van der Waals surface area contributed by atoms with E-state index in [1.807, 2.05) is 20.8 Å². The summed E-state index contributed by atoms with van der Waals surface area (Å²) in [7, 11) is -1.69. The van der Waals surface area contributed by atoms with E-state index < -0.39 is 15.7 Å². The molecule has 0 aliphatic rings. The number of rotatable bonds is 5. The molecule has 0 saturated carbocycles. The van der Waals surface area contributed by atoms with Gasteiger partial charge in [-0.2, -0.15) is 0 Å². The zero-order valence-corrected chi connectivity index (χ0v) is 19.6. The van der Waals surface area contributed by atoms with Gasteiger partial charge in [0.2, 0.25) is 5.95 Å². The summed E-state index contributed by atoms with van der Waals surface area (Å²) in [5, 5.41) is 3.88. The average molecular weight is 469 g/mol. The molecular weight excluding hydrogens is 447 g/mol. The van der Waals surface area contributed by atoms with Crippen LogP contribution in [0.3, 0.4) is 0 Å². The fourth-order valence-corrected chi connectivity index (χ4v) is 5.05. The number of sulfone groups is 1. The highest BCUT2D eigenvalue weighted by Crippen LogP contribution is 2.43. The molecule has 0 fully saturated rings. The minimum absolute atomic E-state index is 0.164. The van der Waals surface area contributed by atoms with E-state index in [1.54, 1.807) is 19.3 Å². The lowest BCUT2D eigenvalue weighted by Gasteiger charge is -2.13. The molecule has 2 aromatic heterocycles. The summed E-state index contributed by atoms with van der Waals surface area (Å²) >= 11 is 7.99. The third-order valence-corrected chi connectivity index (χ3v) is 6.95. The van der Waals surface area contributed by atoms with Gasteiger partial charge in [0, 0.05) is 30.5 Å². The summed E-state index contributed by atoms with van der Waals surface area (Å²) < 4.78 is 38.0. The third-order valence-electron chi connectivity index (χ3n) is 4.17. The fraction of sp³-hybridized carbons (Fsp3) is 0.350. The highest BCUT2D eigenvalue weighted by molar-refractivity contribution is 7.89. The Morgan fingerprint density at radius 2 is 1.93 bits per heavy atom. The highest BCUT2D eigenvalue weighted by Gasteiger charge is 2.26. The second-order valence-corrected chi connectivity index (χ2v) is 11.5. The number of hydrogen-bond donors (Lipinski definition) is 1. The van der Waals surface area contributed by atoms with Crippen molar-refractivity contribution in [2.45, 2.75) is 31.9 Å². The van der Waals surface area contributed by atoms with Crippen molar-refractivity contribution in [3.63, 3.8) is 0 Å². The third kappa shape index (κ3) is 4.96. The summed E-state index contributed by atoms with van der Waals surface area (Å²) in [5.74, 6) is -0.505. The molecule has 3 rings (SSSR count). The second-order valence-electron chi connectivity index (χ2n) is 7.96. The van der Waals surface area contributed by atoms with Crippen LogP contribution in [0.2, 0.25) is 5.02 Å². The topological polar surface area (TPSA) is 84.8 Å². The van der Waals surface area contributed by atoms with Gasteiger partial charge in [-0.05, 0) is 23.8 Å². The van der Waals surface area contributed by atoms with Crippen LogP contribution in [-0.2, 0) is 21.0 Å². The van der Waals surface area contributed by atoms with Crippen LogP contribution in [0.5, 0.6) is 0 Å². The first kappa shape index (κ1) is 22.6. The lowest BCUT2D eigenvalue weighted by Crippen LogP contribution is -2.10. The number of nitrogens with one attached hydrogen (secondary N) is 1. The van der Waals surface area contributed by atoms with Crippen molar-refractivity contribution in [1.82, 2.24) is 15.0 Å². The molecule has 1 N–H and O–H groups in total. The zero-order chi connectivity index (χ0) is 22.3. The van der Waals surface area contributed by atoms with Crippen molar-refractivity contribution in [3.8, 4) is 21.8 Å². The zero-order valence-electron chi connectivity index (χ0n) is 17.2. The maximum atomic E-state index is 14.4. The van der Waals surface area contributed by atoms with E-state index in [-0.39, 0.29) is 21.8 Å². The predicted molar refractivity (Wildman–Crippen MR) is 120 cm³/mol. The second kappa shape index (κ2) is 8.20. The Morgan fingerprint density at radius 3 is 2.53 bits per heavy atom. The van der Waals surface area contributed by atoms with Gasteiger partial charge in [-0.3, -0.25) is 0 Å². The fourth-order valence-electron chi connectivity index (χ4n) is 2.81. The Bertz CT molecular complexity index is 1200. The minimum Gasteiger partial charge on any atom is -0.357 e. The van der Waals surface area contributed by atoms with Gasteiger partial charge in [-0.25, -0.2) is 27.8 Å². The van der Waals surface area contributed by atoms with E-state index in [2.05, 4.69) is 15.3 Å². The van der Waals surface area contributed by atoms with Gasteiger partial charge in [-0.15, -0.1) is 11.3 Å². The number of nitrogens with zero attached hydrogens (tertiary/aromatic N) is 3. The van der Waals surface area contributed by atoms with Crippen LogP contribution >= 0.6 is 22.9 Å². The highest BCUT2D eigenvalue weighted by atomic mass is 35.5. The molecule has 0 bridgehead atoms. The standard InChI is InChI=1S/C20H22ClFN4O2S2/c1-20(2,3)18-26-16(17(29-18)14-6-7-24-19(23-4)25-14)13-9-12(22)8-11(15(13)21)10-30(5,27)28/h6-9H,10H2,1-5H3,(H,23,24,25). The van der Waals surface area contributed by atoms with Crippen LogP contribution in [0.25, 0.3) is 21.8 Å². The van der Waals surface area contributed by atoms with Crippen LogP contribution in [0, 0.1) is 5.82 Å². The Hall–Kier alpha value is -2.10. The van der Waals surface area contributed by atoms with E-state index >= 15 is 0 Å². The molecule has 3 aromatic rings. The number of thiazole rings is 1. The predicted octanol–water partition coefficient (Wildman–Crippen LogP) is 4.94. The molecule has 30 heavy (non-hydrogen) atoms. The van der Waals surface area contributed by atoms with Crippen molar-refractivity contribution in [1.29, 1.82) is 0 Å². The van der Waals surface area contributed by atoms with Crippen molar-refractivity contribution in [2.24, 2.45) is 0 Å². The van der Waals surface area contributed by atoms with Gasteiger partial charge in [-0.1, -0.05) is 32.4 Å². The van der Waals surface area contributed by atoms with Crippen LogP contribution < -0.4 is 5.32 Å². The van der Waals surface area contributed by atoms with E-state index in [0.717, 1.165) is 17.3 Å². The molecule has 0 saturated heterocycles. The van der Waals surface area contributed by atoms with Crippen molar-refractivity contribution >= 4 is 38.7 Å². The largest absolute Gasteiger partial charge is 0.357 e. The molecule has 0 spiro atoms. The van der Waals surface area contributed by atoms with Crippen molar-refractivity contribution < 1.29 is 12.8 Å². The molecule has 0 unspecified atom stereocenters. The Morgan fingerprint density at radius 1 is 1.23 bits per heavy atom. The molecule has 2 heterocycles. The molecule has 0 aliphatic carbocycles. The molecule has 0 amide bonds. The normalized spacial score (nSPS) is 12.2. The van der Waals surface area contributed by atoms with Crippen LogP contribution in [0.15, 0.2) is 24.4 Å². The van der Waals surface area contributed by atoms with Crippen LogP contribution in [0.1, 0.15) is 31.3 Å². The number of anilines is 1. The number of halogens is 2. The molecule has 10 heteroatoms. The average Bonchev–Trinajstić information content (AvgIpc) is 3.09. The van der Waals surface area contributed by atoms with E-state index in [4.69, 9.17) is 16.6 Å². The summed E-state index contributed by atoms with van der Waals surface area (Å²) in [5.41, 5.74) is 1.35. The molecule has 6 nitrogen and oxygen atoms in total. The summed E-state index contributed by atoms with van der Waals surface area (Å²) in [6, 6.07) is 4.17. The van der Waals surface area contributed by atoms with Crippen molar-refractivity contribution in [2.75, 3.05) is 18.6 Å². The first-order valence-corrected chi connectivity index (χ1v) is 12.3. The van der Waals surface area contributed by atoms with Crippen LogP contribution in [-0.4, -0.2) is 36.7 Å². The molecular formula is C20H22ClFN4O2S2. The summed E-state index contributed by atoms with van der Waals surface area (Å²) in [4.78, 5) is 14.1. The van der Waals surface area contributed by atoms with E-state index in [0.29, 0.717) is 27.8 Å². The Labute approximate surface area is 184 Å². The molecule has 0 radical (unpaired) electrons. The maximum Gasteiger partial charge on any atom is 0.222 e. The number of hydrogen-bond acceptors (Lipinski definition) is 7. The van der Waals surface area contributed by atoms with E-state index in [1.165, 1.54) is 17.4 Å². The van der Waals surface area contributed by atoms with Gasteiger partial charge in [0.25, 0.3) is 0 Å². The van der Waals surface area contributed by atoms with E-state index in [9.17, 15) is 12.8 Å². The van der Waals surface area contributed by atoms with Gasteiger partial charge in [0.05, 0.1) is 32.0 Å². The molecule has 0 aliphatic heterocycles. The summed E-state index contributed by atoms with van der Waals surface area (Å²) in [6.45, 7) is 6.09. The Kier molecular flexibility index (Phi) is 6.18. The van der Waals surface area contributed by atoms with Crippen LogP contribution in [0.4, 0.5) is 10.3 Å². The minimum atomic E-state index is -3.40. The monoisotopic (exact) mass is 468 g/mol. The molecule has 160 valence electrons. The van der Waals surface area contributed by atoms with Gasteiger partial charge >= 0.3 is 0 Å². The lowest BCUT2D eigenvalue weighted by molar-refractivity contribution is 0.586. The van der Waals surface area contributed by atoms with Gasteiger partial charge in [0.15, 0.2) is 9.84 Å². The SMILES string of the molecule is CNc1nccc(-c2sc(C(C)(C)C)nc2-c2cc(F)cc(CS(C)(=O)=O)c2Cl)n1. The van der Waals surface area contributed by atoms with Gasteiger partial charge in [0.1, 0.15) is 5.82 Å². The maximum absolute atomic E-state index is 14.4. The lowest BCUT2D eigenvalue weighted by atomic mass is 9.98. The molecule has 1 aromatic carbocycles. The first-order valence-electron chi connectivity index (χ1n) is 9.07. The smallest absolute Gasteiger partial charge is 0.222 e. The Balaban J connectivity index is 2.29. The van der Waals surface area contributed by atoms with Crippen molar-refractivity contribution in [3.05, 3.63) is 45.8 Å². The summed E-state index contributed by atoms with van der Waals surface area (Å²) in [6.07, 6.45) is 2.71. The first-order chi connectivity index (χ1) is 13.9. The number of benzene rings is 1. The quantitative estimate of drug-likeness (QED) is 0.570. The molecule has 0 atom stereocenters.